The van der Waals surface area contributed by atoms with Crippen LogP contribution >= 0.6 is 0 Å². The van der Waals surface area contributed by atoms with Gasteiger partial charge in [0.05, 0.1) is 14.2 Å². The fourth-order valence-corrected chi connectivity index (χ4v) is 2.10. The monoisotopic (exact) mass is 318 g/mol. The van der Waals surface area contributed by atoms with E-state index in [1.54, 1.807) is 26.0 Å². The zero-order chi connectivity index (χ0) is 17.0. The van der Waals surface area contributed by atoms with E-state index in [1.165, 1.54) is 26.4 Å². The van der Waals surface area contributed by atoms with Crippen LogP contribution in [0.4, 0.5) is 0 Å². The Bertz CT molecular complexity index is 812. The highest BCUT2D eigenvalue weighted by Crippen LogP contribution is 2.33. The summed E-state index contributed by atoms with van der Waals surface area (Å²) in [6.07, 6.45) is 1.39. The molecule has 1 aromatic carbocycles. The molecule has 6 heteroatoms. The van der Waals surface area contributed by atoms with Crippen molar-refractivity contribution in [3.63, 3.8) is 0 Å². The molecule has 0 unspecified atom stereocenters. The van der Waals surface area contributed by atoms with Crippen molar-refractivity contribution >= 4 is 16.9 Å². The first kappa shape index (κ1) is 16.6. The van der Waals surface area contributed by atoms with Crippen molar-refractivity contribution in [1.29, 1.82) is 0 Å². The smallest absolute Gasteiger partial charge is 0.336 e. The molecule has 0 aliphatic carbocycles. The highest BCUT2D eigenvalue weighted by molar-refractivity contribution is 5.85. The Morgan fingerprint density at radius 3 is 2.39 bits per heavy atom. The van der Waals surface area contributed by atoms with Crippen LogP contribution < -0.4 is 15.1 Å². The number of allylic oxidation sites excluding steroid dienone is 1. The molecule has 2 rings (SSSR count). The van der Waals surface area contributed by atoms with Gasteiger partial charge in [-0.3, -0.25) is 0 Å². The SMILES string of the molecule is COc1cc2oc(=O)cc(COC(=O)C=C(C)C)c2cc1OC. The van der Waals surface area contributed by atoms with E-state index in [4.69, 9.17) is 18.6 Å². The van der Waals surface area contributed by atoms with Gasteiger partial charge >= 0.3 is 11.6 Å². The average molecular weight is 318 g/mol. The van der Waals surface area contributed by atoms with Crippen LogP contribution in [0.1, 0.15) is 19.4 Å². The minimum Gasteiger partial charge on any atom is -0.493 e. The van der Waals surface area contributed by atoms with Crippen LogP contribution in [0, 0.1) is 0 Å². The first-order chi connectivity index (χ1) is 10.9. The Hall–Kier alpha value is -2.76. The average Bonchev–Trinajstić information content (AvgIpc) is 2.50. The second-order valence-electron chi connectivity index (χ2n) is 5.12. The second kappa shape index (κ2) is 7.00. The molecule has 1 heterocycles. The summed E-state index contributed by atoms with van der Waals surface area (Å²) in [6, 6.07) is 4.54. The lowest BCUT2D eigenvalue weighted by Gasteiger charge is -2.11. The Balaban J connectivity index is 2.44. The van der Waals surface area contributed by atoms with Crippen LogP contribution in [-0.4, -0.2) is 20.2 Å². The molecule has 0 aliphatic rings. The number of ether oxygens (including phenoxy) is 3. The molecule has 2 aromatic rings. The number of hydrogen-bond donors (Lipinski definition) is 0. The number of hydrogen-bond acceptors (Lipinski definition) is 6. The van der Waals surface area contributed by atoms with Crippen molar-refractivity contribution in [2.24, 2.45) is 0 Å². The van der Waals surface area contributed by atoms with Crippen LogP contribution in [0.25, 0.3) is 11.0 Å². The third-order valence-electron chi connectivity index (χ3n) is 3.11. The highest BCUT2D eigenvalue weighted by Gasteiger charge is 2.13. The number of rotatable bonds is 5. The molecule has 0 N–H and O–H groups in total. The second-order valence-corrected chi connectivity index (χ2v) is 5.12. The first-order valence-electron chi connectivity index (χ1n) is 6.95. The molecule has 0 saturated heterocycles. The van der Waals surface area contributed by atoms with Crippen molar-refractivity contribution in [2.45, 2.75) is 20.5 Å². The third kappa shape index (κ3) is 3.91. The lowest BCUT2D eigenvalue weighted by molar-refractivity contribution is -0.139. The molecule has 0 saturated carbocycles. The zero-order valence-electron chi connectivity index (χ0n) is 13.5. The lowest BCUT2D eigenvalue weighted by atomic mass is 10.1. The predicted molar refractivity (Wildman–Crippen MR) is 84.8 cm³/mol. The third-order valence-corrected chi connectivity index (χ3v) is 3.11. The van der Waals surface area contributed by atoms with Crippen LogP contribution in [0.3, 0.4) is 0 Å². The van der Waals surface area contributed by atoms with E-state index in [1.807, 2.05) is 0 Å². The van der Waals surface area contributed by atoms with Gasteiger partial charge in [0.15, 0.2) is 11.5 Å². The van der Waals surface area contributed by atoms with Crippen molar-refractivity contribution in [3.8, 4) is 11.5 Å². The van der Waals surface area contributed by atoms with Gasteiger partial charge in [0.25, 0.3) is 0 Å². The van der Waals surface area contributed by atoms with Crippen molar-refractivity contribution in [1.82, 2.24) is 0 Å². The quantitative estimate of drug-likeness (QED) is 0.479. The van der Waals surface area contributed by atoms with Gasteiger partial charge in [0, 0.05) is 29.2 Å². The van der Waals surface area contributed by atoms with Gasteiger partial charge in [-0.25, -0.2) is 9.59 Å². The van der Waals surface area contributed by atoms with E-state index in [2.05, 4.69) is 0 Å². The van der Waals surface area contributed by atoms with Gasteiger partial charge in [-0.05, 0) is 19.9 Å². The molecule has 6 nitrogen and oxygen atoms in total. The fourth-order valence-electron chi connectivity index (χ4n) is 2.10. The molecular formula is C17H18O6. The van der Waals surface area contributed by atoms with Gasteiger partial charge < -0.3 is 18.6 Å². The number of methoxy groups -OCH3 is 2. The molecule has 0 amide bonds. The largest absolute Gasteiger partial charge is 0.493 e. The standard InChI is InChI=1S/C17H18O6/c1-10(2)5-16(18)22-9-11-6-17(19)23-13-8-15(21-4)14(20-3)7-12(11)13/h5-8H,9H2,1-4H3. The molecule has 0 aliphatic heterocycles. The van der Waals surface area contributed by atoms with E-state index in [0.717, 1.165) is 5.57 Å². The van der Waals surface area contributed by atoms with Crippen LogP contribution in [0.15, 0.2) is 39.1 Å². The highest BCUT2D eigenvalue weighted by atomic mass is 16.5. The number of fused-ring (bicyclic) bond motifs is 1. The summed E-state index contributed by atoms with van der Waals surface area (Å²) in [6.45, 7) is 3.55. The Labute approximate surface area is 133 Å². The lowest BCUT2D eigenvalue weighted by Crippen LogP contribution is -2.06. The summed E-state index contributed by atoms with van der Waals surface area (Å²) in [7, 11) is 3.00. The van der Waals surface area contributed by atoms with E-state index in [0.29, 0.717) is 28.0 Å². The molecule has 0 radical (unpaired) electrons. The summed E-state index contributed by atoms with van der Waals surface area (Å²) in [5, 5.41) is 0.618. The van der Waals surface area contributed by atoms with Gasteiger partial charge in [-0.1, -0.05) is 5.57 Å². The summed E-state index contributed by atoms with van der Waals surface area (Å²) >= 11 is 0. The predicted octanol–water partition coefficient (Wildman–Crippen LogP) is 2.82. The van der Waals surface area contributed by atoms with E-state index in [9.17, 15) is 9.59 Å². The Morgan fingerprint density at radius 1 is 1.13 bits per heavy atom. The number of esters is 1. The van der Waals surface area contributed by atoms with Crippen molar-refractivity contribution in [3.05, 3.63) is 45.8 Å². The molecule has 0 fully saturated rings. The molecule has 1 aromatic heterocycles. The van der Waals surface area contributed by atoms with Crippen molar-refractivity contribution in [2.75, 3.05) is 14.2 Å². The normalized spacial score (nSPS) is 10.3. The summed E-state index contributed by atoms with van der Waals surface area (Å²) in [5.74, 6) is 0.472. The summed E-state index contributed by atoms with van der Waals surface area (Å²) in [5.41, 5.74) is 1.17. The summed E-state index contributed by atoms with van der Waals surface area (Å²) < 4.78 is 20.8. The van der Waals surface area contributed by atoms with Gasteiger partial charge in [0.2, 0.25) is 0 Å². The first-order valence-corrected chi connectivity index (χ1v) is 6.95. The summed E-state index contributed by atoms with van der Waals surface area (Å²) in [4.78, 5) is 23.3. The van der Waals surface area contributed by atoms with Crippen molar-refractivity contribution < 1.29 is 23.4 Å². The molecular weight excluding hydrogens is 300 g/mol. The van der Waals surface area contributed by atoms with E-state index < -0.39 is 11.6 Å². The minimum absolute atomic E-state index is 0.0415. The molecule has 0 atom stereocenters. The molecule has 122 valence electrons. The maximum atomic E-state index is 11.7. The molecule has 0 bridgehead atoms. The molecule has 0 spiro atoms. The topological polar surface area (TPSA) is 75.0 Å². The van der Waals surface area contributed by atoms with Crippen LogP contribution in [-0.2, 0) is 16.1 Å². The number of carbonyl (C=O) groups is 1. The number of carbonyl (C=O) groups excluding carboxylic acids is 1. The van der Waals surface area contributed by atoms with E-state index >= 15 is 0 Å². The molecule has 23 heavy (non-hydrogen) atoms. The number of benzene rings is 1. The Morgan fingerprint density at radius 2 is 1.78 bits per heavy atom. The minimum atomic E-state index is -0.530. The van der Waals surface area contributed by atoms with Crippen LogP contribution in [0.2, 0.25) is 0 Å². The zero-order valence-corrected chi connectivity index (χ0v) is 13.5. The van der Waals surface area contributed by atoms with Gasteiger partial charge in [0.1, 0.15) is 12.2 Å². The maximum absolute atomic E-state index is 11.7. The Kier molecular flexibility index (Phi) is 5.05. The maximum Gasteiger partial charge on any atom is 0.336 e. The van der Waals surface area contributed by atoms with Gasteiger partial charge in [-0.15, -0.1) is 0 Å². The van der Waals surface area contributed by atoms with Crippen LogP contribution in [0.5, 0.6) is 11.5 Å². The van der Waals surface area contributed by atoms with E-state index in [-0.39, 0.29) is 6.61 Å². The fraction of sp³-hybridized carbons (Fsp3) is 0.294. The van der Waals surface area contributed by atoms with Gasteiger partial charge in [-0.2, -0.15) is 0 Å².